The van der Waals surface area contributed by atoms with Gasteiger partial charge in [-0.25, -0.2) is 8.42 Å². The van der Waals surface area contributed by atoms with Crippen LogP contribution in [-0.4, -0.2) is 43.3 Å². The van der Waals surface area contributed by atoms with Crippen molar-refractivity contribution < 1.29 is 18.0 Å². The predicted molar refractivity (Wildman–Crippen MR) is 156 cm³/mol. The summed E-state index contributed by atoms with van der Waals surface area (Å²) in [6.45, 7) is 10.5. The molecule has 0 saturated carbocycles. The standard InChI is InChI=1S/C30H36ClN3O4S/c1-21-12-16-26(17-13-21)39(37,38)34(25-15-14-22(2)27(31)18-25)20-28(35)33(19-24-10-8-7-9-11-24)23(3)29(36)32-30(4,5)6/h7-18,23H,19-20H2,1-6H3,(H,32,36)/t23-/m1/s1. The largest absolute Gasteiger partial charge is 0.350 e. The lowest BCUT2D eigenvalue weighted by atomic mass is 10.1. The zero-order valence-corrected chi connectivity index (χ0v) is 24.8. The van der Waals surface area contributed by atoms with E-state index in [-0.39, 0.29) is 23.0 Å². The smallest absolute Gasteiger partial charge is 0.264 e. The Bertz CT molecular complexity index is 1420. The number of halogens is 1. The second-order valence-electron chi connectivity index (χ2n) is 10.7. The second kappa shape index (κ2) is 12.2. The van der Waals surface area contributed by atoms with E-state index in [1.807, 2.05) is 65.0 Å². The van der Waals surface area contributed by atoms with Gasteiger partial charge in [-0.15, -0.1) is 0 Å². The van der Waals surface area contributed by atoms with E-state index in [4.69, 9.17) is 11.6 Å². The number of nitrogens with zero attached hydrogens (tertiary/aromatic N) is 2. The van der Waals surface area contributed by atoms with Crippen LogP contribution in [0.1, 0.15) is 44.4 Å². The first-order chi connectivity index (χ1) is 18.2. The van der Waals surface area contributed by atoms with Crippen LogP contribution in [0.25, 0.3) is 0 Å². The van der Waals surface area contributed by atoms with E-state index < -0.39 is 34.1 Å². The predicted octanol–water partition coefficient (Wildman–Crippen LogP) is 5.48. The maximum Gasteiger partial charge on any atom is 0.264 e. The quantitative estimate of drug-likeness (QED) is 0.369. The van der Waals surface area contributed by atoms with Gasteiger partial charge in [0.15, 0.2) is 0 Å². The fraction of sp³-hybridized carbons (Fsp3) is 0.333. The molecular formula is C30H36ClN3O4S. The molecule has 3 aromatic carbocycles. The van der Waals surface area contributed by atoms with Gasteiger partial charge in [-0.1, -0.05) is 65.7 Å². The Kier molecular flexibility index (Phi) is 9.46. The maximum absolute atomic E-state index is 13.9. The molecule has 2 amide bonds. The topological polar surface area (TPSA) is 86.8 Å². The summed E-state index contributed by atoms with van der Waals surface area (Å²) in [5, 5.41) is 3.30. The average Bonchev–Trinajstić information content (AvgIpc) is 2.86. The number of carbonyl (C=O) groups excluding carboxylic acids is 2. The van der Waals surface area contributed by atoms with Crippen LogP contribution in [0.15, 0.2) is 77.7 Å². The number of rotatable bonds is 9. The van der Waals surface area contributed by atoms with E-state index in [1.165, 1.54) is 23.1 Å². The molecule has 1 N–H and O–H groups in total. The van der Waals surface area contributed by atoms with Gasteiger partial charge in [0.1, 0.15) is 12.6 Å². The monoisotopic (exact) mass is 569 g/mol. The first-order valence-corrected chi connectivity index (χ1v) is 14.5. The van der Waals surface area contributed by atoms with Gasteiger partial charge in [0.05, 0.1) is 10.6 Å². The molecule has 0 fully saturated rings. The third kappa shape index (κ3) is 7.83. The normalized spacial score (nSPS) is 12.5. The van der Waals surface area contributed by atoms with Crippen molar-refractivity contribution >= 4 is 39.1 Å². The highest BCUT2D eigenvalue weighted by Crippen LogP contribution is 2.29. The van der Waals surface area contributed by atoms with Crippen LogP contribution in [0, 0.1) is 13.8 Å². The van der Waals surface area contributed by atoms with Crippen molar-refractivity contribution in [3.05, 3.63) is 94.5 Å². The Morgan fingerprint density at radius 1 is 0.949 bits per heavy atom. The molecule has 0 aliphatic carbocycles. The Hall–Kier alpha value is -3.36. The van der Waals surface area contributed by atoms with Crippen molar-refractivity contribution in [2.24, 2.45) is 0 Å². The van der Waals surface area contributed by atoms with Crippen molar-refractivity contribution in [2.45, 2.75) is 64.6 Å². The van der Waals surface area contributed by atoms with Gasteiger partial charge in [-0.2, -0.15) is 0 Å². The number of nitrogens with one attached hydrogen (secondary N) is 1. The van der Waals surface area contributed by atoms with Gasteiger partial charge in [0.25, 0.3) is 10.0 Å². The van der Waals surface area contributed by atoms with Crippen LogP contribution in [0.3, 0.4) is 0 Å². The summed E-state index contributed by atoms with van der Waals surface area (Å²) in [6, 6.07) is 19.7. The Balaban J connectivity index is 2.05. The number of carbonyl (C=O) groups is 2. The summed E-state index contributed by atoms with van der Waals surface area (Å²) in [4.78, 5) is 28.5. The average molecular weight is 570 g/mol. The molecule has 0 aliphatic rings. The molecule has 3 rings (SSSR count). The van der Waals surface area contributed by atoms with E-state index in [0.717, 1.165) is 21.0 Å². The molecule has 0 bridgehead atoms. The van der Waals surface area contributed by atoms with E-state index in [0.29, 0.717) is 5.02 Å². The second-order valence-corrected chi connectivity index (χ2v) is 13.0. The molecule has 208 valence electrons. The minimum Gasteiger partial charge on any atom is -0.350 e. The summed E-state index contributed by atoms with van der Waals surface area (Å²) in [5.74, 6) is -0.860. The summed E-state index contributed by atoms with van der Waals surface area (Å²) >= 11 is 6.36. The molecule has 1 atom stereocenters. The van der Waals surface area contributed by atoms with Crippen molar-refractivity contribution in [3.8, 4) is 0 Å². The zero-order chi connectivity index (χ0) is 29.0. The Labute approximate surface area is 236 Å². The molecule has 0 aliphatic heterocycles. The van der Waals surface area contributed by atoms with Gasteiger partial charge in [0, 0.05) is 17.1 Å². The van der Waals surface area contributed by atoms with Crippen LogP contribution < -0.4 is 9.62 Å². The lowest BCUT2D eigenvalue weighted by Crippen LogP contribution is -2.54. The molecule has 39 heavy (non-hydrogen) atoms. The van der Waals surface area contributed by atoms with Gasteiger partial charge < -0.3 is 10.2 Å². The molecule has 7 nitrogen and oxygen atoms in total. The molecule has 3 aromatic rings. The molecule has 0 unspecified atom stereocenters. The summed E-state index contributed by atoms with van der Waals surface area (Å²) in [5.41, 5.74) is 2.24. The molecular weight excluding hydrogens is 534 g/mol. The molecule has 0 aromatic heterocycles. The highest BCUT2D eigenvalue weighted by Gasteiger charge is 2.33. The van der Waals surface area contributed by atoms with Gasteiger partial charge in [0.2, 0.25) is 11.8 Å². The van der Waals surface area contributed by atoms with Crippen molar-refractivity contribution in [2.75, 3.05) is 10.8 Å². The number of sulfonamides is 1. The number of benzene rings is 3. The molecule has 9 heteroatoms. The van der Waals surface area contributed by atoms with Crippen molar-refractivity contribution in [1.29, 1.82) is 0 Å². The van der Waals surface area contributed by atoms with Gasteiger partial charge >= 0.3 is 0 Å². The first kappa shape index (κ1) is 30.2. The van der Waals surface area contributed by atoms with Crippen LogP contribution in [0.2, 0.25) is 5.02 Å². The molecule has 0 radical (unpaired) electrons. The van der Waals surface area contributed by atoms with E-state index in [1.54, 1.807) is 31.2 Å². The third-order valence-corrected chi connectivity index (χ3v) is 8.39. The minimum atomic E-state index is -4.15. The van der Waals surface area contributed by atoms with E-state index in [2.05, 4.69) is 5.32 Å². The number of hydrogen-bond donors (Lipinski definition) is 1. The SMILES string of the molecule is Cc1ccc(S(=O)(=O)N(CC(=O)N(Cc2ccccc2)[C@H](C)C(=O)NC(C)(C)C)c2ccc(C)c(Cl)c2)cc1. The highest BCUT2D eigenvalue weighted by molar-refractivity contribution is 7.92. The molecule has 0 saturated heterocycles. The summed E-state index contributed by atoms with van der Waals surface area (Å²) in [6.07, 6.45) is 0. The van der Waals surface area contributed by atoms with Crippen LogP contribution in [-0.2, 0) is 26.2 Å². The summed E-state index contributed by atoms with van der Waals surface area (Å²) in [7, 11) is -4.15. The fourth-order valence-electron chi connectivity index (χ4n) is 3.94. The van der Waals surface area contributed by atoms with Crippen molar-refractivity contribution in [1.82, 2.24) is 10.2 Å². The van der Waals surface area contributed by atoms with Crippen molar-refractivity contribution in [3.63, 3.8) is 0 Å². The van der Waals surface area contributed by atoms with Crippen LogP contribution in [0.4, 0.5) is 5.69 Å². The Morgan fingerprint density at radius 2 is 1.56 bits per heavy atom. The fourth-order valence-corrected chi connectivity index (χ4v) is 5.52. The minimum absolute atomic E-state index is 0.0470. The highest BCUT2D eigenvalue weighted by atomic mass is 35.5. The number of amides is 2. The summed E-state index contributed by atoms with van der Waals surface area (Å²) < 4.78 is 28.8. The number of aryl methyl sites for hydroxylation is 2. The molecule has 0 spiro atoms. The van der Waals surface area contributed by atoms with Crippen LogP contribution in [0.5, 0.6) is 0 Å². The first-order valence-electron chi connectivity index (χ1n) is 12.7. The lowest BCUT2D eigenvalue weighted by molar-refractivity contribution is -0.140. The number of hydrogen-bond acceptors (Lipinski definition) is 4. The third-order valence-electron chi connectivity index (χ3n) is 6.19. The number of anilines is 1. The maximum atomic E-state index is 13.9. The molecule has 0 heterocycles. The van der Waals surface area contributed by atoms with E-state index in [9.17, 15) is 18.0 Å². The zero-order valence-electron chi connectivity index (χ0n) is 23.2. The Morgan fingerprint density at radius 3 is 2.13 bits per heavy atom. The van der Waals surface area contributed by atoms with E-state index >= 15 is 0 Å². The lowest BCUT2D eigenvalue weighted by Gasteiger charge is -2.33. The van der Waals surface area contributed by atoms with Crippen LogP contribution >= 0.6 is 11.6 Å². The van der Waals surface area contributed by atoms with Gasteiger partial charge in [-0.05, 0) is 76.9 Å². The van der Waals surface area contributed by atoms with Gasteiger partial charge in [-0.3, -0.25) is 13.9 Å².